The fourth-order valence-corrected chi connectivity index (χ4v) is 1.78. The van der Waals surface area contributed by atoms with E-state index in [1.807, 2.05) is 31.2 Å². The van der Waals surface area contributed by atoms with Gasteiger partial charge in [-0.25, -0.2) is 0 Å². The number of benzene rings is 1. The zero-order valence-corrected chi connectivity index (χ0v) is 10.6. The van der Waals surface area contributed by atoms with Crippen LogP contribution in [0.5, 0.6) is 0 Å². The zero-order chi connectivity index (χ0) is 13.0. The van der Waals surface area contributed by atoms with Crippen LogP contribution in [0.3, 0.4) is 0 Å². The molecule has 18 heavy (non-hydrogen) atoms. The molecule has 0 amide bonds. The third-order valence-corrected chi connectivity index (χ3v) is 2.82. The molecule has 0 fully saturated rings. The Labute approximate surface area is 106 Å². The number of anilines is 1. The summed E-state index contributed by atoms with van der Waals surface area (Å²) >= 11 is 0. The summed E-state index contributed by atoms with van der Waals surface area (Å²) < 4.78 is 10.5. The lowest BCUT2D eigenvalue weighted by Crippen LogP contribution is -2.02. The van der Waals surface area contributed by atoms with Crippen molar-refractivity contribution in [1.29, 1.82) is 0 Å². The minimum atomic E-state index is -0.115. The molecule has 5 heteroatoms. The first kappa shape index (κ1) is 12.6. The van der Waals surface area contributed by atoms with Gasteiger partial charge in [0.1, 0.15) is 6.10 Å². The van der Waals surface area contributed by atoms with E-state index in [1.165, 1.54) is 0 Å². The number of aromatic nitrogens is 2. The van der Waals surface area contributed by atoms with E-state index in [-0.39, 0.29) is 6.10 Å². The van der Waals surface area contributed by atoms with E-state index in [4.69, 9.17) is 15.0 Å². The summed E-state index contributed by atoms with van der Waals surface area (Å²) in [4.78, 5) is 4.33. The Hall–Kier alpha value is -1.88. The highest BCUT2D eigenvalue weighted by molar-refractivity contribution is 5.47. The molecular formula is C13H17N3O2. The second kappa shape index (κ2) is 5.64. The van der Waals surface area contributed by atoms with Crippen LogP contribution in [-0.4, -0.2) is 17.3 Å². The van der Waals surface area contributed by atoms with Crippen molar-refractivity contribution >= 4 is 5.69 Å². The lowest BCUT2D eigenvalue weighted by molar-refractivity contribution is 0.0903. The van der Waals surface area contributed by atoms with Crippen LogP contribution in [0.25, 0.3) is 0 Å². The van der Waals surface area contributed by atoms with Crippen LogP contribution in [0.1, 0.15) is 36.7 Å². The fraction of sp³-hybridized carbons (Fsp3) is 0.385. The van der Waals surface area contributed by atoms with Crippen molar-refractivity contribution in [1.82, 2.24) is 10.1 Å². The van der Waals surface area contributed by atoms with E-state index in [2.05, 4.69) is 10.1 Å². The van der Waals surface area contributed by atoms with Crippen LogP contribution >= 0.6 is 0 Å². The van der Waals surface area contributed by atoms with Gasteiger partial charge in [-0.15, -0.1) is 0 Å². The molecule has 5 nitrogen and oxygen atoms in total. The molecule has 2 rings (SSSR count). The second-order valence-corrected chi connectivity index (χ2v) is 4.05. The van der Waals surface area contributed by atoms with Crippen molar-refractivity contribution < 1.29 is 9.26 Å². The van der Waals surface area contributed by atoms with Gasteiger partial charge in [0.05, 0.1) is 6.42 Å². The number of nitrogen functional groups attached to an aromatic ring is 1. The van der Waals surface area contributed by atoms with Crippen molar-refractivity contribution in [2.45, 2.75) is 25.9 Å². The van der Waals surface area contributed by atoms with Crippen LogP contribution in [0.2, 0.25) is 0 Å². The molecule has 0 saturated heterocycles. The van der Waals surface area contributed by atoms with Crippen molar-refractivity contribution in [3.05, 3.63) is 41.5 Å². The smallest absolute Gasteiger partial charge is 0.231 e. The molecule has 96 valence electrons. The Morgan fingerprint density at radius 2 is 2.17 bits per heavy atom. The first-order valence-corrected chi connectivity index (χ1v) is 5.93. The minimum absolute atomic E-state index is 0.115. The standard InChI is InChI=1S/C13H17N3O2/c1-3-11(17-2)13-15-12(18-16-13)8-9-6-4-5-7-10(9)14/h4-7,11H,3,8,14H2,1-2H3. The van der Waals surface area contributed by atoms with Gasteiger partial charge in [-0.2, -0.15) is 4.98 Å². The highest BCUT2D eigenvalue weighted by atomic mass is 16.5. The van der Waals surface area contributed by atoms with Gasteiger partial charge in [0.2, 0.25) is 11.7 Å². The number of nitrogens with two attached hydrogens (primary N) is 1. The lowest BCUT2D eigenvalue weighted by Gasteiger charge is -2.06. The highest BCUT2D eigenvalue weighted by Crippen LogP contribution is 2.19. The zero-order valence-electron chi connectivity index (χ0n) is 10.6. The molecule has 0 radical (unpaired) electrons. The predicted molar refractivity (Wildman–Crippen MR) is 68.0 cm³/mol. The van der Waals surface area contributed by atoms with E-state index < -0.39 is 0 Å². The Morgan fingerprint density at radius 1 is 1.39 bits per heavy atom. The number of ether oxygens (including phenoxy) is 1. The topological polar surface area (TPSA) is 74.2 Å². The number of para-hydroxylation sites is 1. The molecule has 1 aromatic carbocycles. The Balaban J connectivity index is 2.14. The maximum absolute atomic E-state index is 5.87. The quantitative estimate of drug-likeness (QED) is 0.821. The summed E-state index contributed by atoms with van der Waals surface area (Å²) in [6.07, 6.45) is 1.23. The summed E-state index contributed by atoms with van der Waals surface area (Å²) in [6.45, 7) is 2.01. The fourth-order valence-electron chi connectivity index (χ4n) is 1.78. The monoisotopic (exact) mass is 247 g/mol. The molecule has 2 aromatic rings. The Bertz CT molecular complexity index is 506. The largest absolute Gasteiger partial charge is 0.398 e. The third kappa shape index (κ3) is 2.68. The van der Waals surface area contributed by atoms with Gasteiger partial charge >= 0.3 is 0 Å². The highest BCUT2D eigenvalue weighted by Gasteiger charge is 2.16. The summed E-state index contributed by atoms with van der Waals surface area (Å²) in [5.41, 5.74) is 7.59. The maximum Gasteiger partial charge on any atom is 0.231 e. The average molecular weight is 247 g/mol. The first-order valence-electron chi connectivity index (χ1n) is 5.93. The van der Waals surface area contributed by atoms with E-state index in [1.54, 1.807) is 7.11 Å². The van der Waals surface area contributed by atoms with Crippen molar-refractivity contribution in [2.75, 3.05) is 12.8 Å². The van der Waals surface area contributed by atoms with E-state index in [0.29, 0.717) is 18.1 Å². The van der Waals surface area contributed by atoms with E-state index >= 15 is 0 Å². The molecule has 0 aliphatic carbocycles. The minimum Gasteiger partial charge on any atom is -0.398 e. The SMILES string of the molecule is CCC(OC)c1noc(Cc2ccccc2N)n1. The van der Waals surface area contributed by atoms with Gasteiger partial charge in [-0.05, 0) is 18.1 Å². The number of nitrogens with zero attached hydrogens (tertiary/aromatic N) is 2. The summed E-state index contributed by atoms with van der Waals surface area (Å²) in [5.74, 6) is 1.14. The molecule has 1 atom stereocenters. The van der Waals surface area contributed by atoms with Crippen molar-refractivity contribution in [2.24, 2.45) is 0 Å². The Morgan fingerprint density at radius 3 is 2.83 bits per heavy atom. The second-order valence-electron chi connectivity index (χ2n) is 4.05. The summed E-state index contributed by atoms with van der Waals surface area (Å²) in [7, 11) is 1.64. The number of methoxy groups -OCH3 is 1. The molecule has 0 saturated carbocycles. The van der Waals surface area contributed by atoms with Gasteiger partial charge < -0.3 is 15.0 Å². The van der Waals surface area contributed by atoms with E-state index in [0.717, 1.165) is 17.7 Å². The molecular weight excluding hydrogens is 230 g/mol. The molecule has 0 spiro atoms. The van der Waals surface area contributed by atoms with Crippen LogP contribution < -0.4 is 5.73 Å². The molecule has 1 unspecified atom stereocenters. The van der Waals surface area contributed by atoms with Gasteiger partial charge in [0, 0.05) is 12.8 Å². The van der Waals surface area contributed by atoms with Gasteiger partial charge in [-0.1, -0.05) is 30.3 Å². The van der Waals surface area contributed by atoms with Crippen LogP contribution in [0.4, 0.5) is 5.69 Å². The molecule has 1 aromatic heterocycles. The van der Waals surface area contributed by atoms with E-state index in [9.17, 15) is 0 Å². The Kier molecular flexibility index (Phi) is 3.94. The average Bonchev–Trinajstić information content (AvgIpc) is 2.82. The first-order chi connectivity index (χ1) is 8.74. The van der Waals surface area contributed by atoms with Crippen molar-refractivity contribution in [3.63, 3.8) is 0 Å². The van der Waals surface area contributed by atoms with Gasteiger partial charge in [-0.3, -0.25) is 0 Å². The summed E-state index contributed by atoms with van der Waals surface area (Å²) in [6, 6.07) is 7.65. The summed E-state index contributed by atoms with van der Waals surface area (Å²) in [5, 5.41) is 3.93. The number of hydrogen-bond donors (Lipinski definition) is 1. The van der Waals surface area contributed by atoms with Gasteiger partial charge in [0.25, 0.3) is 0 Å². The van der Waals surface area contributed by atoms with Crippen molar-refractivity contribution in [3.8, 4) is 0 Å². The molecule has 2 N–H and O–H groups in total. The van der Waals surface area contributed by atoms with Crippen LogP contribution in [0.15, 0.2) is 28.8 Å². The normalized spacial score (nSPS) is 12.6. The van der Waals surface area contributed by atoms with Gasteiger partial charge in [0.15, 0.2) is 0 Å². The molecule has 1 heterocycles. The molecule has 0 bridgehead atoms. The lowest BCUT2D eigenvalue weighted by atomic mass is 10.1. The third-order valence-electron chi connectivity index (χ3n) is 2.82. The number of hydrogen-bond acceptors (Lipinski definition) is 5. The molecule has 0 aliphatic heterocycles. The maximum atomic E-state index is 5.87. The molecule has 0 aliphatic rings. The van der Waals surface area contributed by atoms with Crippen LogP contribution in [0, 0.1) is 0 Å². The number of rotatable bonds is 5. The van der Waals surface area contributed by atoms with Crippen LogP contribution in [-0.2, 0) is 11.2 Å². The predicted octanol–water partition coefficient (Wildman–Crippen LogP) is 2.34.